The number of carbonyl (C=O) groups excluding carboxylic acids is 1. The molecule has 1 aromatic heterocycles. The van der Waals surface area contributed by atoms with Crippen molar-refractivity contribution in [1.82, 2.24) is 19.8 Å². The van der Waals surface area contributed by atoms with E-state index in [0.717, 1.165) is 29.9 Å². The zero-order valence-corrected chi connectivity index (χ0v) is 17.8. The Balaban J connectivity index is 1.22. The van der Waals surface area contributed by atoms with Crippen LogP contribution >= 0.6 is 11.6 Å². The van der Waals surface area contributed by atoms with Gasteiger partial charge in [-0.3, -0.25) is 14.7 Å². The predicted octanol–water partition coefficient (Wildman–Crippen LogP) is 2.29. The first-order valence-corrected chi connectivity index (χ1v) is 10.9. The lowest BCUT2D eigenvalue weighted by molar-refractivity contribution is 0.0376. The van der Waals surface area contributed by atoms with Gasteiger partial charge in [0.1, 0.15) is 5.82 Å². The van der Waals surface area contributed by atoms with Gasteiger partial charge in [-0.05, 0) is 36.4 Å². The van der Waals surface area contributed by atoms with E-state index in [9.17, 15) is 9.90 Å². The van der Waals surface area contributed by atoms with E-state index in [0.29, 0.717) is 36.8 Å². The summed E-state index contributed by atoms with van der Waals surface area (Å²) in [6.07, 6.45) is 1.31. The maximum absolute atomic E-state index is 12.7. The van der Waals surface area contributed by atoms with Crippen molar-refractivity contribution in [2.75, 3.05) is 44.2 Å². The Morgan fingerprint density at radius 1 is 0.968 bits per heavy atom. The first kappa shape index (κ1) is 20.2. The molecule has 2 saturated heterocycles. The Kier molecular flexibility index (Phi) is 5.48. The first-order valence-electron chi connectivity index (χ1n) is 10.5. The number of aliphatic hydroxyl groups is 1. The third-order valence-corrected chi connectivity index (χ3v) is 6.43. The number of hydrogen-bond acceptors (Lipinski definition) is 6. The molecule has 0 aliphatic carbocycles. The number of carbonyl (C=O) groups is 1. The number of aliphatic hydroxyl groups excluding tert-OH is 1. The van der Waals surface area contributed by atoms with Crippen molar-refractivity contribution in [1.29, 1.82) is 0 Å². The fourth-order valence-electron chi connectivity index (χ4n) is 4.45. The molecule has 7 nitrogen and oxygen atoms in total. The summed E-state index contributed by atoms with van der Waals surface area (Å²) >= 11 is 5.92. The van der Waals surface area contributed by atoms with Gasteiger partial charge in [-0.1, -0.05) is 23.7 Å². The molecule has 2 aromatic carbocycles. The Labute approximate surface area is 185 Å². The molecule has 31 heavy (non-hydrogen) atoms. The van der Waals surface area contributed by atoms with E-state index in [2.05, 4.69) is 14.8 Å². The van der Waals surface area contributed by atoms with Gasteiger partial charge < -0.3 is 14.9 Å². The Bertz CT molecular complexity index is 1080. The van der Waals surface area contributed by atoms with Gasteiger partial charge in [0.05, 0.1) is 29.4 Å². The fourth-order valence-corrected chi connectivity index (χ4v) is 4.57. The summed E-state index contributed by atoms with van der Waals surface area (Å²) in [7, 11) is 0. The quantitative estimate of drug-likeness (QED) is 0.677. The van der Waals surface area contributed by atoms with Crippen molar-refractivity contribution in [2.45, 2.75) is 12.1 Å². The number of piperazine rings is 1. The molecule has 5 rings (SSSR count). The van der Waals surface area contributed by atoms with Gasteiger partial charge in [0.25, 0.3) is 5.91 Å². The van der Waals surface area contributed by atoms with Crippen molar-refractivity contribution >= 4 is 34.4 Å². The SMILES string of the molecule is O=C(c1ccc(Cl)cc1)N1CCN([C@H]2CN(c3cnc4ccccc4n3)C[C@@H]2O)CC1. The lowest BCUT2D eigenvalue weighted by Gasteiger charge is -2.38. The monoisotopic (exact) mass is 437 g/mol. The molecule has 2 fully saturated rings. The number of aromatic nitrogens is 2. The third kappa shape index (κ3) is 4.08. The van der Waals surface area contributed by atoms with E-state index in [1.54, 1.807) is 30.5 Å². The van der Waals surface area contributed by atoms with Crippen LogP contribution in [0.2, 0.25) is 5.02 Å². The Morgan fingerprint density at radius 2 is 1.68 bits per heavy atom. The fraction of sp³-hybridized carbons (Fsp3) is 0.348. The number of nitrogens with zero attached hydrogens (tertiary/aromatic N) is 5. The van der Waals surface area contributed by atoms with Gasteiger partial charge in [-0.25, -0.2) is 4.98 Å². The van der Waals surface area contributed by atoms with Crippen LogP contribution in [0.3, 0.4) is 0 Å². The minimum absolute atomic E-state index is 0.0149. The molecule has 2 aliphatic heterocycles. The largest absolute Gasteiger partial charge is 0.390 e. The average molecular weight is 438 g/mol. The molecular weight excluding hydrogens is 414 g/mol. The first-order chi connectivity index (χ1) is 15.1. The van der Waals surface area contributed by atoms with Crippen LogP contribution in [-0.4, -0.2) is 82.2 Å². The van der Waals surface area contributed by atoms with E-state index in [-0.39, 0.29) is 11.9 Å². The molecular formula is C23H24ClN5O2. The zero-order chi connectivity index (χ0) is 21.4. The molecule has 0 spiro atoms. The maximum atomic E-state index is 12.7. The van der Waals surface area contributed by atoms with Crippen molar-refractivity contribution in [3.05, 3.63) is 65.3 Å². The third-order valence-electron chi connectivity index (χ3n) is 6.18. The highest BCUT2D eigenvalue weighted by Gasteiger charge is 2.38. The standard InChI is InChI=1S/C23H24ClN5O2/c24-17-7-5-16(6-8-17)23(31)28-11-9-27(10-12-28)20-14-29(15-21(20)30)22-13-25-18-3-1-2-4-19(18)26-22/h1-8,13,20-21,30H,9-12,14-15H2/t20-,21-/m0/s1. The van der Waals surface area contributed by atoms with E-state index in [1.165, 1.54) is 0 Å². The highest BCUT2D eigenvalue weighted by atomic mass is 35.5. The molecule has 0 bridgehead atoms. The van der Waals surface area contributed by atoms with Gasteiger partial charge in [-0.2, -0.15) is 0 Å². The molecule has 3 aromatic rings. The molecule has 0 radical (unpaired) electrons. The van der Waals surface area contributed by atoms with Gasteiger partial charge in [-0.15, -0.1) is 0 Å². The summed E-state index contributed by atoms with van der Waals surface area (Å²) in [4.78, 5) is 28.2. The minimum Gasteiger partial charge on any atom is -0.390 e. The second kappa shape index (κ2) is 8.42. The number of hydrogen-bond donors (Lipinski definition) is 1. The molecule has 160 valence electrons. The van der Waals surface area contributed by atoms with Crippen molar-refractivity contribution in [3.63, 3.8) is 0 Å². The summed E-state index contributed by atoms with van der Waals surface area (Å²) in [5, 5.41) is 11.4. The molecule has 1 amide bonds. The number of para-hydroxylation sites is 2. The second-order valence-electron chi connectivity index (χ2n) is 8.09. The van der Waals surface area contributed by atoms with Crippen molar-refractivity contribution < 1.29 is 9.90 Å². The van der Waals surface area contributed by atoms with Gasteiger partial charge in [0.15, 0.2) is 0 Å². The number of halogens is 1. The van der Waals surface area contributed by atoms with Crippen LogP contribution in [-0.2, 0) is 0 Å². The van der Waals surface area contributed by atoms with E-state index >= 15 is 0 Å². The molecule has 0 saturated carbocycles. The van der Waals surface area contributed by atoms with E-state index < -0.39 is 6.10 Å². The normalized spacial score (nSPS) is 22.3. The summed E-state index contributed by atoms with van der Waals surface area (Å²) in [6, 6.07) is 14.8. The van der Waals surface area contributed by atoms with Gasteiger partial charge in [0, 0.05) is 49.9 Å². The number of anilines is 1. The topological polar surface area (TPSA) is 72.8 Å². The predicted molar refractivity (Wildman–Crippen MR) is 120 cm³/mol. The van der Waals surface area contributed by atoms with Crippen LogP contribution in [0.25, 0.3) is 11.0 Å². The number of rotatable bonds is 3. The van der Waals surface area contributed by atoms with Crippen LogP contribution in [0.1, 0.15) is 10.4 Å². The van der Waals surface area contributed by atoms with Crippen LogP contribution in [0.4, 0.5) is 5.82 Å². The molecule has 2 aliphatic rings. The lowest BCUT2D eigenvalue weighted by atomic mass is 10.1. The average Bonchev–Trinajstić information content (AvgIpc) is 3.20. The number of benzene rings is 2. The minimum atomic E-state index is -0.466. The second-order valence-corrected chi connectivity index (χ2v) is 8.53. The van der Waals surface area contributed by atoms with E-state index in [4.69, 9.17) is 16.6 Å². The zero-order valence-electron chi connectivity index (χ0n) is 17.1. The summed E-state index contributed by atoms with van der Waals surface area (Å²) in [6.45, 7) is 3.97. The molecule has 2 atom stereocenters. The smallest absolute Gasteiger partial charge is 0.253 e. The molecule has 8 heteroatoms. The van der Waals surface area contributed by atoms with Crippen LogP contribution in [0.5, 0.6) is 0 Å². The molecule has 1 N–H and O–H groups in total. The van der Waals surface area contributed by atoms with Crippen molar-refractivity contribution in [2.24, 2.45) is 0 Å². The lowest BCUT2D eigenvalue weighted by Crippen LogP contribution is -2.54. The molecule has 3 heterocycles. The van der Waals surface area contributed by atoms with Crippen LogP contribution in [0, 0.1) is 0 Å². The van der Waals surface area contributed by atoms with E-state index in [1.807, 2.05) is 29.2 Å². The van der Waals surface area contributed by atoms with Crippen LogP contribution in [0.15, 0.2) is 54.7 Å². The number of amides is 1. The van der Waals surface area contributed by atoms with Crippen LogP contribution < -0.4 is 4.90 Å². The molecule has 0 unspecified atom stereocenters. The van der Waals surface area contributed by atoms with Gasteiger partial charge in [0.2, 0.25) is 0 Å². The Morgan fingerprint density at radius 3 is 2.42 bits per heavy atom. The van der Waals surface area contributed by atoms with Crippen molar-refractivity contribution in [3.8, 4) is 0 Å². The highest BCUT2D eigenvalue weighted by Crippen LogP contribution is 2.24. The summed E-state index contributed by atoms with van der Waals surface area (Å²) in [5.41, 5.74) is 2.37. The Hall–Kier alpha value is -2.74. The summed E-state index contributed by atoms with van der Waals surface area (Å²) < 4.78 is 0. The number of β-amino-alcohol motifs (C(OH)–C–C–N with tert-alkyl or cyclic N) is 1. The maximum Gasteiger partial charge on any atom is 0.253 e. The van der Waals surface area contributed by atoms with Gasteiger partial charge >= 0.3 is 0 Å². The number of fused-ring (bicyclic) bond motifs is 1. The summed E-state index contributed by atoms with van der Waals surface area (Å²) in [5.74, 6) is 0.813. The highest BCUT2D eigenvalue weighted by molar-refractivity contribution is 6.30.